The van der Waals surface area contributed by atoms with E-state index in [1.165, 1.54) is 5.56 Å². The molecule has 0 spiro atoms. The highest BCUT2D eigenvalue weighted by Crippen LogP contribution is 2.27. The third kappa shape index (κ3) is 1.93. The lowest BCUT2D eigenvalue weighted by Gasteiger charge is -2.19. The molecule has 84 valence electrons. The predicted molar refractivity (Wildman–Crippen MR) is 66.4 cm³/mol. The SMILES string of the molecule is CC(C)(C)c1ccc2ccnc(CO)c2c1. The quantitative estimate of drug-likeness (QED) is 0.793. The van der Waals surface area contributed by atoms with Crippen LogP contribution in [-0.4, -0.2) is 10.1 Å². The van der Waals surface area contributed by atoms with Crippen molar-refractivity contribution >= 4 is 10.8 Å². The maximum atomic E-state index is 9.27. The third-order valence-corrected chi connectivity index (χ3v) is 2.86. The molecule has 0 saturated heterocycles. The van der Waals surface area contributed by atoms with Crippen LogP contribution in [0.15, 0.2) is 30.5 Å². The summed E-state index contributed by atoms with van der Waals surface area (Å²) < 4.78 is 0. The summed E-state index contributed by atoms with van der Waals surface area (Å²) in [6.45, 7) is 6.54. The van der Waals surface area contributed by atoms with Gasteiger partial charge in [0, 0.05) is 11.6 Å². The van der Waals surface area contributed by atoms with Gasteiger partial charge in [0.15, 0.2) is 0 Å². The second-order valence-electron chi connectivity index (χ2n) is 5.10. The molecule has 0 amide bonds. The molecule has 0 unspecified atom stereocenters. The van der Waals surface area contributed by atoms with Crippen molar-refractivity contribution in [2.24, 2.45) is 0 Å². The van der Waals surface area contributed by atoms with Crippen LogP contribution in [0.1, 0.15) is 32.0 Å². The van der Waals surface area contributed by atoms with E-state index in [0.29, 0.717) is 0 Å². The molecule has 16 heavy (non-hydrogen) atoms. The Kier molecular flexibility index (Phi) is 2.68. The van der Waals surface area contributed by atoms with Crippen LogP contribution in [0.3, 0.4) is 0 Å². The molecule has 1 heterocycles. The number of nitrogens with zero attached hydrogens (tertiary/aromatic N) is 1. The molecule has 0 aliphatic heterocycles. The smallest absolute Gasteiger partial charge is 0.0859 e. The highest BCUT2D eigenvalue weighted by molar-refractivity contribution is 5.85. The number of fused-ring (bicyclic) bond motifs is 1. The van der Waals surface area contributed by atoms with Crippen LogP contribution < -0.4 is 0 Å². The van der Waals surface area contributed by atoms with Crippen LogP contribution in [0.25, 0.3) is 10.8 Å². The van der Waals surface area contributed by atoms with Gasteiger partial charge in [0.25, 0.3) is 0 Å². The Bertz CT molecular complexity index is 512. The van der Waals surface area contributed by atoms with Crippen molar-refractivity contribution in [3.8, 4) is 0 Å². The largest absolute Gasteiger partial charge is 0.390 e. The zero-order chi connectivity index (χ0) is 11.8. The fraction of sp³-hybridized carbons (Fsp3) is 0.357. The highest BCUT2D eigenvalue weighted by Gasteiger charge is 2.14. The normalized spacial score (nSPS) is 12.0. The summed E-state index contributed by atoms with van der Waals surface area (Å²) in [5, 5.41) is 11.5. The number of aromatic nitrogens is 1. The number of benzene rings is 1. The monoisotopic (exact) mass is 215 g/mol. The van der Waals surface area contributed by atoms with Gasteiger partial charge < -0.3 is 5.11 Å². The molecule has 2 nitrogen and oxygen atoms in total. The van der Waals surface area contributed by atoms with E-state index in [9.17, 15) is 5.11 Å². The Morgan fingerprint density at radius 1 is 1.19 bits per heavy atom. The molecule has 0 atom stereocenters. The van der Waals surface area contributed by atoms with Gasteiger partial charge in [0.1, 0.15) is 0 Å². The Balaban J connectivity index is 2.68. The minimum atomic E-state index is -0.00899. The van der Waals surface area contributed by atoms with E-state index in [1.54, 1.807) is 6.20 Å². The summed E-state index contributed by atoms with van der Waals surface area (Å²) in [7, 11) is 0. The second-order valence-corrected chi connectivity index (χ2v) is 5.10. The van der Waals surface area contributed by atoms with E-state index >= 15 is 0 Å². The van der Waals surface area contributed by atoms with Crippen LogP contribution in [-0.2, 0) is 12.0 Å². The van der Waals surface area contributed by atoms with Gasteiger partial charge in [0.05, 0.1) is 12.3 Å². The van der Waals surface area contributed by atoms with Crippen LogP contribution >= 0.6 is 0 Å². The molecule has 0 fully saturated rings. The summed E-state index contributed by atoms with van der Waals surface area (Å²) in [6, 6.07) is 8.34. The van der Waals surface area contributed by atoms with Crippen molar-refractivity contribution in [3.63, 3.8) is 0 Å². The first-order chi connectivity index (χ1) is 7.52. The van der Waals surface area contributed by atoms with Crippen LogP contribution in [0.5, 0.6) is 0 Å². The lowest BCUT2D eigenvalue weighted by molar-refractivity contribution is 0.278. The van der Waals surface area contributed by atoms with Crippen molar-refractivity contribution in [2.75, 3.05) is 0 Å². The number of hydrogen-bond donors (Lipinski definition) is 1. The lowest BCUT2D eigenvalue weighted by atomic mass is 9.86. The van der Waals surface area contributed by atoms with Crippen LogP contribution in [0.4, 0.5) is 0 Å². The molecule has 0 saturated carbocycles. The summed E-state index contributed by atoms with van der Waals surface area (Å²) in [5.74, 6) is 0. The molecule has 0 aliphatic rings. The van der Waals surface area contributed by atoms with Gasteiger partial charge in [-0.1, -0.05) is 32.9 Å². The first-order valence-corrected chi connectivity index (χ1v) is 5.51. The van der Waals surface area contributed by atoms with Gasteiger partial charge in [-0.05, 0) is 28.5 Å². The van der Waals surface area contributed by atoms with E-state index in [4.69, 9.17) is 0 Å². The van der Waals surface area contributed by atoms with E-state index in [0.717, 1.165) is 16.5 Å². The molecule has 1 aromatic heterocycles. The standard InChI is InChI=1S/C14H17NO/c1-14(2,3)11-5-4-10-6-7-15-13(9-16)12(10)8-11/h4-8,16H,9H2,1-3H3. The summed E-state index contributed by atoms with van der Waals surface area (Å²) in [4.78, 5) is 4.20. The highest BCUT2D eigenvalue weighted by atomic mass is 16.3. The zero-order valence-electron chi connectivity index (χ0n) is 9.99. The van der Waals surface area contributed by atoms with Crippen molar-refractivity contribution in [1.29, 1.82) is 0 Å². The predicted octanol–water partition coefficient (Wildman–Crippen LogP) is 3.02. The zero-order valence-corrected chi connectivity index (χ0v) is 9.99. The van der Waals surface area contributed by atoms with Crippen molar-refractivity contribution in [2.45, 2.75) is 32.8 Å². The molecular formula is C14H17NO. The Labute approximate surface area is 96.0 Å². The molecule has 1 aromatic carbocycles. The fourth-order valence-corrected chi connectivity index (χ4v) is 1.82. The Morgan fingerprint density at radius 2 is 1.94 bits per heavy atom. The van der Waals surface area contributed by atoms with Crippen LogP contribution in [0, 0.1) is 0 Å². The summed E-state index contributed by atoms with van der Waals surface area (Å²) >= 11 is 0. The minimum Gasteiger partial charge on any atom is -0.390 e. The van der Waals surface area contributed by atoms with E-state index < -0.39 is 0 Å². The van der Waals surface area contributed by atoms with Crippen LogP contribution in [0.2, 0.25) is 0 Å². The van der Waals surface area contributed by atoms with Crippen molar-refractivity contribution in [1.82, 2.24) is 4.98 Å². The average molecular weight is 215 g/mol. The number of aliphatic hydroxyl groups is 1. The maximum absolute atomic E-state index is 9.27. The van der Waals surface area contributed by atoms with E-state index in [2.05, 4.69) is 44.0 Å². The number of pyridine rings is 1. The first kappa shape index (κ1) is 11.1. The van der Waals surface area contributed by atoms with Gasteiger partial charge in [-0.3, -0.25) is 4.98 Å². The minimum absolute atomic E-state index is 0.00899. The fourth-order valence-electron chi connectivity index (χ4n) is 1.82. The Hall–Kier alpha value is -1.41. The van der Waals surface area contributed by atoms with Gasteiger partial charge in [-0.15, -0.1) is 0 Å². The molecule has 2 aromatic rings. The molecule has 2 rings (SSSR count). The molecule has 2 heteroatoms. The number of rotatable bonds is 1. The van der Waals surface area contributed by atoms with Crippen molar-refractivity contribution in [3.05, 3.63) is 41.7 Å². The summed E-state index contributed by atoms with van der Waals surface area (Å²) in [6.07, 6.45) is 1.74. The van der Waals surface area contributed by atoms with Gasteiger partial charge >= 0.3 is 0 Å². The molecule has 0 bridgehead atoms. The van der Waals surface area contributed by atoms with E-state index in [1.807, 2.05) is 6.07 Å². The Morgan fingerprint density at radius 3 is 2.56 bits per heavy atom. The number of aliphatic hydroxyl groups excluding tert-OH is 1. The first-order valence-electron chi connectivity index (χ1n) is 5.51. The average Bonchev–Trinajstić information content (AvgIpc) is 2.26. The van der Waals surface area contributed by atoms with Gasteiger partial charge in [-0.2, -0.15) is 0 Å². The van der Waals surface area contributed by atoms with E-state index in [-0.39, 0.29) is 12.0 Å². The van der Waals surface area contributed by atoms with Gasteiger partial charge in [-0.25, -0.2) is 0 Å². The third-order valence-electron chi connectivity index (χ3n) is 2.86. The second kappa shape index (κ2) is 3.87. The van der Waals surface area contributed by atoms with Crippen molar-refractivity contribution < 1.29 is 5.11 Å². The lowest BCUT2D eigenvalue weighted by Crippen LogP contribution is -2.10. The maximum Gasteiger partial charge on any atom is 0.0859 e. The number of hydrogen-bond acceptors (Lipinski definition) is 2. The molecule has 1 N–H and O–H groups in total. The molecule has 0 aliphatic carbocycles. The summed E-state index contributed by atoms with van der Waals surface area (Å²) in [5.41, 5.74) is 2.14. The van der Waals surface area contributed by atoms with Gasteiger partial charge in [0.2, 0.25) is 0 Å². The topological polar surface area (TPSA) is 33.1 Å². The molecule has 0 radical (unpaired) electrons. The molecular weight excluding hydrogens is 198 g/mol.